The predicted octanol–water partition coefficient (Wildman–Crippen LogP) is 2.01. The fourth-order valence-corrected chi connectivity index (χ4v) is 2.52. The number of hydrogen-bond acceptors (Lipinski definition) is 4. The number of carbonyl (C=O) groups excluding carboxylic acids is 1. The van der Waals surface area contributed by atoms with E-state index in [0.717, 1.165) is 5.56 Å². The van der Waals surface area contributed by atoms with Gasteiger partial charge in [0.05, 0.1) is 36.5 Å². The van der Waals surface area contributed by atoms with E-state index in [9.17, 15) is 4.79 Å². The number of methoxy groups -OCH3 is 1. The van der Waals surface area contributed by atoms with Crippen LogP contribution in [0.5, 0.6) is 5.75 Å². The van der Waals surface area contributed by atoms with E-state index in [1.165, 1.54) is 0 Å². The second-order valence-electron chi connectivity index (χ2n) is 5.15. The molecular weight excluding hydrogens is 304 g/mol. The lowest BCUT2D eigenvalue weighted by Crippen LogP contribution is -2.23. The Kier molecular flexibility index (Phi) is 4.17. The van der Waals surface area contributed by atoms with Gasteiger partial charge in [0.1, 0.15) is 5.75 Å². The van der Waals surface area contributed by atoms with Crippen molar-refractivity contribution < 1.29 is 9.53 Å². The minimum atomic E-state index is -0.260. The Bertz CT molecular complexity index is 953. The molecule has 3 rings (SSSR count). The molecule has 24 heavy (non-hydrogen) atoms. The monoisotopic (exact) mass is 320 g/mol. The molecular formula is C18H16N4O2. The lowest BCUT2D eigenvalue weighted by Gasteiger charge is -2.10. The number of terminal acetylenes is 1. The first-order chi connectivity index (χ1) is 11.7. The first-order valence-corrected chi connectivity index (χ1v) is 7.33. The molecule has 1 aromatic carbocycles. The largest absolute Gasteiger partial charge is 0.496 e. The van der Waals surface area contributed by atoms with Gasteiger partial charge in [-0.3, -0.25) is 9.48 Å². The Hall–Kier alpha value is -3.33. The third-order valence-corrected chi connectivity index (χ3v) is 3.68. The molecule has 1 amide bonds. The van der Waals surface area contributed by atoms with Crippen molar-refractivity contribution in [1.82, 2.24) is 20.1 Å². The minimum Gasteiger partial charge on any atom is -0.496 e. The average Bonchev–Trinajstić information content (AvgIpc) is 3.00. The highest BCUT2D eigenvalue weighted by molar-refractivity contribution is 6.06. The number of carbonyl (C=O) groups is 1. The van der Waals surface area contributed by atoms with Crippen molar-refractivity contribution in [3.8, 4) is 29.4 Å². The SMILES string of the molecule is C#CCNC(=O)c1cc(-c2ccccc2OC)nc2c1cnn2C. The highest BCUT2D eigenvalue weighted by Crippen LogP contribution is 2.31. The summed E-state index contributed by atoms with van der Waals surface area (Å²) in [6.45, 7) is 0.160. The summed E-state index contributed by atoms with van der Waals surface area (Å²) < 4.78 is 7.03. The smallest absolute Gasteiger partial charge is 0.252 e. The number of aryl methyl sites for hydroxylation is 1. The van der Waals surface area contributed by atoms with Crippen LogP contribution in [0.15, 0.2) is 36.5 Å². The summed E-state index contributed by atoms with van der Waals surface area (Å²) in [5, 5.41) is 7.56. The average molecular weight is 320 g/mol. The van der Waals surface area contributed by atoms with Gasteiger partial charge in [-0.1, -0.05) is 18.1 Å². The van der Waals surface area contributed by atoms with Gasteiger partial charge in [0, 0.05) is 12.6 Å². The minimum absolute atomic E-state index is 0.160. The zero-order chi connectivity index (χ0) is 17.1. The molecule has 120 valence electrons. The Morgan fingerprint density at radius 2 is 2.21 bits per heavy atom. The summed E-state index contributed by atoms with van der Waals surface area (Å²) in [4.78, 5) is 17.1. The number of para-hydroxylation sites is 1. The summed E-state index contributed by atoms with van der Waals surface area (Å²) in [6, 6.07) is 9.25. The standard InChI is InChI=1S/C18H16N4O2/c1-4-9-19-18(23)13-10-15(12-7-5-6-8-16(12)24-3)21-17-14(13)11-20-22(17)2/h1,5-8,10-11H,9H2,2-3H3,(H,19,23). The van der Waals surface area contributed by atoms with Gasteiger partial charge in [-0.2, -0.15) is 5.10 Å². The van der Waals surface area contributed by atoms with Gasteiger partial charge in [0.25, 0.3) is 5.91 Å². The van der Waals surface area contributed by atoms with E-state index in [0.29, 0.717) is 28.0 Å². The van der Waals surface area contributed by atoms with Crippen LogP contribution in [-0.2, 0) is 7.05 Å². The Balaban J connectivity index is 2.21. The van der Waals surface area contributed by atoms with Crippen molar-refractivity contribution in [2.45, 2.75) is 0 Å². The third kappa shape index (κ3) is 2.68. The molecule has 0 aliphatic rings. The number of amides is 1. The van der Waals surface area contributed by atoms with E-state index in [4.69, 9.17) is 11.2 Å². The van der Waals surface area contributed by atoms with Gasteiger partial charge >= 0.3 is 0 Å². The van der Waals surface area contributed by atoms with Crippen molar-refractivity contribution in [3.05, 3.63) is 42.1 Å². The third-order valence-electron chi connectivity index (χ3n) is 3.68. The number of hydrogen-bond donors (Lipinski definition) is 1. The zero-order valence-electron chi connectivity index (χ0n) is 13.4. The second-order valence-corrected chi connectivity index (χ2v) is 5.15. The molecule has 0 atom stereocenters. The van der Waals surface area contributed by atoms with Crippen LogP contribution in [0.25, 0.3) is 22.3 Å². The molecule has 0 unspecified atom stereocenters. The van der Waals surface area contributed by atoms with Gasteiger partial charge in [-0.15, -0.1) is 6.42 Å². The number of nitrogens with zero attached hydrogens (tertiary/aromatic N) is 3. The number of ether oxygens (including phenoxy) is 1. The Morgan fingerprint density at radius 3 is 2.96 bits per heavy atom. The number of aromatic nitrogens is 3. The highest BCUT2D eigenvalue weighted by atomic mass is 16.5. The van der Waals surface area contributed by atoms with Crippen LogP contribution >= 0.6 is 0 Å². The molecule has 3 aromatic rings. The molecule has 2 aromatic heterocycles. The van der Waals surface area contributed by atoms with Gasteiger partial charge in [0.15, 0.2) is 5.65 Å². The van der Waals surface area contributed by atoms with Gasteiger partial charge in [-0.25, -0.2) is 4.98 Å². The molecule has 0 radical (unpaired) electrons. The molecule has 0 fully saturated rings. The van der Waals surface area contributed by atoms with Crippen molar-refractivity contribution in [1.29, 1.82) is 0 Å². The van der Waals surface area contributed by atoms with Crippen molar-refractivity contribution >= 4 is 16.9 Å². The van der Waals surface area contributed by atoms with Crippen LogP contribution in [0.3, 0.4) is 0 Å². The van der Waals surface area contributed by atoms with E-state index >= 15 is 0 Å². The van der Waals surface area contributed by atoms with Crippen LogP contribution in [-0.4, -0.2) is 34.3 Å². The van der Waals surface area contributed by atoms with E-state index in [1.54, 1.807) is 31.1 Å². The summed E-state index contributed by atoms with van der Waals surface area (Å²) in [5.74, 6) is 2.82. The molecule has 2 heterocycles. The number of nitrogens with one attached hydrogen (secondary N) is 1. The zero-order valence-corrected chi connectivity index (χ0v) is 13.4. The molecule has 0 aliphatic carbocycles. The maximum absolute atomic E-state index is 12.5. The molecule has 6 heteroatoms. The topological polar surface area (TPSA) is 69.0 Å². The van der Waals surface area contributed by atoms with Crippen LogP contribution in [0, 0.1) is 12.3 Å². The lowest BCUT2D eigenvalue weighted by molar-refractivity contribution is 0.0960. The quantitative estimate of drug-likeness (QED) is 0.747. The molecule has 0 bridgehead atoms. The van der Waals surface area contributed by atoms with Crippen LogP contribution < -0.4 is 10.1 Å². The number of pyridine rings is 1. The number of fused-ring (bicyclic) bond motifs is 1. The van der Waals surface area contributed by atoms with E-state index in [-0.39, 0.29) is 12.5 Å². The van der Waals surface area contributed by atoms with Crippen molar-refractivity contribution in [2.75, 3.05) is 13.7 Å². The van der Waals surface area contributed by atoms with Crippen LogP contribution in [0.2, 0.25) is 0 Å². The predicted molar refractivity (Wildman–Crippen MR) is 91.7 cm³/mol. The summed E-state index contributed by atoms with van der Waals surface area (Å²) >= 11 is 0. The number of benzene rings is 1. The maximum Gasteiger partial charge on any atom is 0.252 e. The first-order valence-electron chi connectivity index (χ1n) is 7.33. The van der Waals surface area contributed by atoms with Gasteiger partial charge in [-0.05, 0) is 18.2 Å². The van der Waals surface area contributed by atoms with E-state index < -0.39 is 0 Å². The summed E-state index contributed by atoms with van der Waals surface area (Å²) in [6.07, 6.45) is 6.84. The molecule has 0 aliphatic heterocycles. The summed E-state index contributed by atoms with van der Waals surface area (Å²) in [7, 11) is 3.38. The molecule has 1 N–H and O–H groups in total. The van der Waals surface area contributed by atoms with Crippen molar-refractivity contribution in [3.63, 3.8) is 0 Å². The van der Waals surface area contributed by atoms with Crippen LogP contribution in [0.4, 0.5) is 0 Å². The Morgan fingerprint density at radius 1 is 1.42 bits per heavy atom. The highest BCUT2D eigenvalue weighted by Gasteiger charge is 2.17. The van der Waals surface area contributed by atoms with E-state index in [2.05, 4.69) is 21.3 Å². The Labute approximate surface area is 139 Å². The lowest BCUT2D eigenvalue weighted by atomic mass is 10.1. The van der Waals surface area contributed by atoms with Crippen LogP contribution in [0.1, 0.15) is 10.4 Å². The fourth-order valence-electron chi connectivity index (χ4n) is 2.52. The fraction of sp³-hybridized carbons (Fsp3) is 0.167. The maximum atomic E-state index is 12.5. The van der Waals surface area contributed by atoms with Gasteiger partial charge in [0.2, 0.25) is 0 Å². The van der Waals surface area contributed by atoms with Crippen molar-refractivity contribution in [2.24, 2.45) is 7.05 Å². The summed E-state index contributed by atoms with van der Waals surface area (Å²) in [5.41, 5.74) is 2.53. The van der Waals surface area contributed by atoms with Gasteiger partial charge < -0.3 is 10.1 Å². The number of rotatable bonds is 4. The molecule has 6 nitrogen and oxygen atoms in total. The van der Waals surface area contributed by atoms with E-state index in [1.807, 2.05) is 24.3 Å². The molecule has 0 spiro atoms. The normalized spacial score (nSPS) is 10.4. The second kappa shape index (κ2) is 6.42. The first kappa shape index (κ1) is 15.6. The molecule has 0 saturated carbocycles. The molecule has 0 saturated heterocycles.